The van der Waals surface area contributed by atoms with E-state index in [-0.39, 0.29) is 16.6 Å². The predicted octanol–water partition coefficient (Wildman–Crippen LogP) is 5.49. The Morgan fingerprint density at radius 2 is 1.50 bits per heavy atom. The van der Waals surface area contributed by atoms with Crippen molar-refractivity contribution in [3.05, 3.63) is 72.8 Å². The molecule has 1 atom stereocenters. The molecule has 0 fully saturated rings. The highest BCUT2D eigenvalue weighted by Crippen LogP contribution is 2.47. The summed E-state index contributed by atoms with van der Waals surface area (Å²) in [5, 5.41) is 0. The number of benzene rings is 3. The van der Waals surface area contributed by atoms with Crippen LogP contribution in [-0.4, -0.2) is 6.61 Å². The van der Waals surface area contributed by atoms with Crippen molar-refractivity contribution in [3.8, 4) is 17.2 Å². The lowest BCUT2D eigenvalue weighted by Crippen LogP contribution is -2.12. The highest BCUT2D eigenvalue weighted by molar-refractivity contribution is 7.97. The lowest BCUT2D eigenvalue weighted by atomic mass is 10.3. The Kier molecular flexibility index (Phi) is 3.86. The Labute approximate surface area is 141 Å². The van der Waals surface area contributed by atoms with Crippen LogP contribution in [0.3, 0.4) is 0 Å². The van der Waals surface area contributed by atoms with E-state index in [2.05, 4.69) is 16.9 Å². The van der Waals surface area contributed by atoms with Crippen LogP contribution in [0, 0.1) is 0 Å². The molecular formula is C19H13F2O2S+. The van der Waals surface area contributed by atoms with Gasteiger partial charge >= 0.3 is 6.61 Å². The smallest absolute Gasteiger partial charge is 0.387 e. The minimum absolute atomic E-state index is 0.0970. The molecule has 5 heteroatoms. The van der Waals surface area contributed by atoms with E-state index in [1.165, 1.54) is 6.07 Å². The van der Waals surface area contributed by atoms with Crippen molar-refractivity contribution in [1.82, 2.24) is 0 Å². The van der Waals surface area contributed by atoms with Crippen LogP contribution >= 0.6 is 0 Å². The normalized spacial score (nSPS) is 15.4. The third-order valence-corrected chi connectivity index (χ3v) is 5.93. The van der Waals surface area contributed by atoms with Crippen LogP contribution in [0.25, 0.3) is 0 Å². The van der Waals surface area contributed by atoms with Gasteiger partial charge in [0.1, 0.15) is 16.6 Å². The minimum Gasteiger partial charge on any atom is -0.447 e. The molecule has 3 aromatic rings. The minimum atomic E-state index is -2.86. The Hall–Kier alpha value is -2.53. The van der Waals surface area contributed by atoms with E-state index >= 15 is 0 Å². The highest BCUT2D eigenvalue weighted by Gasteiger charge is 2.39. The lowest BCUT2D eigenvalue weighted by Gasteiger charge is -2.20. The van der Waals surface area contributed by atoms with Gasteiger partial charge in [-0.25, -0.2) is 0 Å². The summed E-state index contributed by atoms with van der Waals surface area (Å²) < 4.78 is 35.4. The number of rotatable bonds is 3. The summed E-state index contributed by atoms with van der Waals surface area (Å²) in [7, 11) is -0.347. The molecule has 24 heavy (non-hydrogen) atoms. The van der Waals surface area contributed by atoms with E-state index in [4.69, 9.17) is 4.74 Å². The van der Waals surface area contributed by atoms with Crippen LogP contribution in [-0.2, 0) is 10.9 Å². The summed E-state index contributed by atoms with van der Waals surface area (Å²) in [5.74, 6) is 1.39. The van der Waals surface area contributed by atoms with Gasteiger partial charge in [-0.15, -0.1) is 0 Å². The maximum absolute atomic E-state index is 12.5. The van der Waals surface area contributed by atoms with Crippen LogP contribution in [0.2, 0.25) is 0 Å². The highest BCUT2D eigenvalue weighted by atomic mass is 32.2. The molecule has 0 N–H and O–H groups in total. The molecule has 1 aliphatic rings. The molecule has 1 heterocycles. The summed E-state index contributed by atoms with van der Waals surface area (Å²) in [4.78, 5) is 3.19. The molecule has 0 saturated heterocycles. The van der Waals surface area contributed by atoms with Crippen molar-refractivity contribution in [2.45, 2.75) is 21.3 Å². The molecule has 0 bridgehead atoms. The van der Waals surface area contributed by atoms with Crippen LogP contribution in [0.1, 0.15) is 0 Å². The Balaban J connectivity index is 1.85. The molecule has 0 spiro atoms. The fourth-order valence-electron chi connectivity index (χ4n) is 2.66. The van der Waals surface area contributed by atoms with Crippen molar-refractivity contribution < 1.29 is 18.3 Å². The first-order chi connectivity index (χ1) is 11.7. The molecule has 2 nitrogen and oxygen atoms in total. The first-order valence-electron chi connectivity index (χ1n) is 7.37. The second kappa shape index (κ2) is 6.17. The SMILES string of the molecule is FC(F)Oc1ccc2c(c1)Oc1ccccc1[S+]2c1ccccc1. The predicted molar refractivity (Wildman–Crippen MR) is 88.2 cm³/mol. The van der Waals surface area contributed by atoms with Gasteiger partial charge in [0.15, 0.2) is 16.4 Å². The number of halogens is 2. The zero-order valence-electron chi connectivity index (χ0n) is 12.5. The molecule has 3 aromatic carbocycles. The topological polar surface area (TPSA) is 18.5 Å². The van der Waals surface area contributed by atoms with Gasteiger partial charge in [-0.1, -0.05) is 30.3 Å². The number of ether oxygens (including phenoxy) is 2. The van der Waals surface area contributed by atoms with Crippen molar-refractivity contribution in [2.24, 2.45) is 0 Å². The molecule has 120 valence electrons. The zero-order valence-corrected chi connectivity index (χ0v) is 13.3. The molecule has 1 unspecified atom stereocenters. The zero-order chi connectivity index (χ0) is 16.5. The molecule has 0 radical (unpaired) electrons. The second-order valence-corrected chi connectivity index (χ2v) is 7.12. The fourth-order valence-corrected chi connectivity index (χ4v) is 4.87. The third kappa shape index (κ3) is 2.71. The van der Waals surface area contributed by atoms with Gasteiger partial charge in [-0.05, 0) is 30.3 Å². The van der Waals surface area contributed by atoms with Gasteiger partial charge in [0, 0.05) is 12.1 Å². The number of fused-ring (bicyclic) bond motifs is 2. The summed E-state index contributed by atoms with van der Waals surface area (Å²) in [5.41, 5.74) is 0. The molecule has 1 aliphatic heterocycles. The van der Waals surface area contributed by atoms with Crippen molar-refractivity contribution in [1.29, 1.82) is 0 Å². The monoisotopic (exact) mass is 343 g/mol. The molecule has 4 rings (SSSR count). The summed E-state index contributed by atoms with van der Waals surface area (Å²) in [6, 6.07) is 22.8. The van der Waals surface area contributed by atoms with Gasteiger partial charge in [-0.3, -0.25) is 0 Å². The van der Waals surface area contributed by atoms with E-state index in [1.807, 2.05) is 42.5 Å². The largest absolute Gasteiger partial charge is 0.447 e. The number of para-hydroxylation sites is 1. The van der Waals surface area contributed by atoms with Crippen LogP contribution < -0.4 is 9.47 Å². The van der Waals surface area contributed by atoms with E-state index in [9.17, 15) is 8.78 Å². The Bertz CT molecular complexity index is 868. The molecular weight excluding hydrogens is 330 g/mol. The van der Waals surface area contributed by atoms with Crippen molar-refractivity contribution in [2.75, 3.05) is 0 Å². The lowest BCUT2D eigenvalue weighted by molar-refractivity contribution is -0.0499. The van der Waals surface area contributed by atoms with Crippen molar-refractivity contribution >= 4 is 10.9 Å². The maximum atomic E-state index is 12.5. The Morgan fingerprint density at radius 1 is 0.792 bits per heavy atom. The first-order valence-corrected chi connectivity index (χ1v) is 8.60. The Morgan fingerprint density at radius 3 is 2.29 bits per heavy atom. The van der Waals surface area contributed by atoms with E-state index in [0.717, 1.165) is 20.4 Å². The van der Waals surface area contributed by atoms with Gasteiger partial charge in [0.05, 0.1) is 0 Å². The van der Waals surface area contributed by atoms with Crippen molar-refractivity contribution in [3.63, 3.8) is 0 Å². The van der Waals surface area contributed by atoms with E-state index < -0.39 is 6.61 Å². The molecule has 0 saturated carbocycles. The third-order valence-electron chi connectivity index (χ3n) is 3.63. The van der Waals surface area contributed by atoms with Gasteiger partial charge in [0.2, 0.25) is 9.79 Å². The quantitative estimate of drug-likeness (QED) is 0.458. The van der Waals surface area contributed by atoms with Crippen LogP contribution in [0.4, 0.5) is 8.78 Å². The first kappa shape index (κ1) is 15.0. The molecule has 0 aromatic heterocycles. The standard InChI is InChI=1S/C19H13F2O2S/c20-19(21)22-13-10-11-18-16(12-13)23-15-8-4-5-9-17(15)24(18)14-6-2-1-3-7-14/h1-12,19H/q+1. The average molecular weight is 343 g/mol. The number of hydrogen-bond donors (Lipinski definition) is 0. The number of hydrogen-bond acceptors (Lipinski definition) is 2. The fraction of sp³-hybridized carbons (Fsp3) is 0.0526. The summed E-state index contributed by atoms with van der Waals surface area (Å²) >= 11 is 0. The number of alkyl halides is 2. The van der Waals surface area contributed by atoms with Crippen LogP contribution in [0.15, 0.2) is 87.5 Å². The van der Waals surface area contributed by atoms with Crippen LogP contribution in [0.5, 0.6) is 17.2 Å². The average Bonchev–Trinajstić information content (AvgIpc) is 2.60. The summed E-state index contributed by atoms with van der Waals surface area (Å²) in [6.07, 6.45) is 0. The van der Waals surface area contributed by atoms with Gasteiger partial charge in [-0.2, -0.15) is 8.78 Å². The molecule has 0 amide bonds. The second-order valence-electron chi connectivity index (χ2n) is 5.16. The van der Waals surface area contributed by atoms with Gasteiger partial charge < -0.3 is 9.47 Å². The van der Waals surface area contributed by atoms with E-state index in [1.54, 1.807) is 12.1 Å². The summed E-state index contributed by atoms with van der Waals surface area (Å²) in [6.45, 7) is -2.86. The maximum Gasteiger partial charge on any atom is 0.387 e. The van der Waals surface area contributed by atoms with E-state index in [0.29, 0.717) is 5.75 Å². The molecule has 0 aliphatic carbocycles. The van der Waals surface area contributed by atoms with Gasteiger partial charge in [0.25, 0.3) is 0 Å².